The third-order valence-corrected chi connectivity index (χ3v) is 3.63. The van der Waals surface area contributed by atoms with Crippen LogP contribution in [-0.2, 0) is 0 Å². The summed E-state index contributed by atoms with van der Waals surface area (Å²) in [5, 5.41) is 6.95. The molecule has 0 aliphatic heterocycles. The molecule has 1 aromatic rings. The lowest BCUT2D eigenvalue weighted by atomic mass is 10.0. The molecule has 2 atom stereocenters. The molecular formula is C12H18N2S. The van der Waals surface area contributed by atoms with Gasteiger partial charge in [0, 0.05) is 17.5 Å². The van der Waals surface area contributed by atoms with Gasteiger partial charge in [0.1, 0.15) is 0 Å². The minimum absolute atomic E-state index is 0.381. The van der Waals surface area contributed by atoms with Crippen LogP contribution in [-0.4, -0.2) is 11.0 Å². The maximum atomic E-state index is 4.51. The van der Waals surface area contributed by atoms with Crippen LogP contribution in [0.15, 0.2) is 17.5 Å². The molecule has 1 aliphatic carbocycles. The van der Waals surface area contributed by atoms with E-state index in [9.17, 15) is 0 Å². The number of hydrogen-bond donors (Lipinski definition) is 1. The summed E-state index contributed by atoms with van der Waals surface area (Å²) >= 11 is 1.73. The molecule has 0 amide bonds. The third-order valence-electron chi connectivity index (χ3n) is 2.84. The normalized spacial score (nSPS) is 22.9. The van der Waals surface area contributed by atoms with Crippen LogP contribution in [0.1, 0.15) is 42.9 Å². The molecule has 1 aliphatic rings. The number of allylic oxidation sites excluding steroid dienone is 1. The van der Waals surface area contributed by atoms with E-state index >= 15 is 0 Å². The summed E-state index contributed by atoms with van der Waals surface area (Å²) in [6.07, 6.45) is 8.17. The van der Waals surface area contributed by atoms with E-state index in [1.54, 1.807) is 11.3 Å². The zero-order valence-corrected chi connectivity index (χ0v) is 10.2. The molecule has 0 radical (unpaired) electrons. The molecule has 1 heterocycles. The van der Waals surface area contributed by atoms with Gasteiger partial charge in [-0.3, -0.25) is 0 Å². The zero-order chi connectivity index (χ0) is 10.7. The fraction of sp³-hybridized carbons (Fsp3) is 0.583. The van der Waals surface area contributed by atoms with Gasteiger partial charge in [0.05, 0.1) is 10.7 Å². The van der Waals surface area contributed by atoms with Crippen LogP contribution in [0.5, 0.6) is 0 Å². The van der Waals surface area contributed by atoms with Crippen LogP contribution in [0, 0.1) is 6.92 Å². The Bertz CT molecular complexity index is 343. The Kier molecular flexibility index (Phi) is 3.54. The number of aryl methyl sites for hydroxylation is 1. The quantitative estimate of drug-likeness (QED) is 0.794. The van der Waals surface area contributed by atoms with Gasteiger partial charge < -0.3 is 5.32 Å². The molecular weight excluding hydrogens is 204 g/mol. The van der Waals surface area contributed by atoms with E-state index in [4.69, 9.17) is 0 Å². The van der Waals surface area contributed by atoms with Gasteiger partial charge in [-0.05, 0) is 33.1 Å². The first-order valence-corrected chi connectivity index (χ1v) is 6.47. The van der Waals surface area contributed by atoms with Gasteiger partial charge in [-0.15, -0.1) is 11.3 Å². The van der Waals surface area contributed by atoms with Crippen molar-refractivity contribution >= 4 is 11.3 Å². The topological polar surface area (TPSA) is 24.9 Å². The molecule has 82 valence electrons. The predicted octanol–water partition coefficient (Wildman–Crippen LogP) is 3.21. The molecule has 2 rings (SSSR count). The van der Waals surface area contributed by atoms with Gasteiger partial charge in [0.25, 0.3) is 0 Å². The molecule has 3 heteroatoms. The van der Waals surface area contributed by atoms with Gasteiger partial charge in [-0.1, -0.05) is 12.2 Å². The molecule has 15 heavy (non-hydrogen) atoms. The van der Waals surface area contributed by atoms with Crippen molar-refractivity contribution < 1.29 is 0 Å². The number of thiazole rings is 1. The van der Waals surface area contributed by atoms with Gasteiger partial charge in [0.2, 0.25) is 0 Å². The van der Waals surface area contributed by atoms with Crippen molar-refractivity contribution in [3.63, 3.8) is 0 Å². The largest absolute Gasteiger partial charge is 0.306 e. The molecule has 0 saturated carbocycles. The maximum Gasteiger partial charge on any atom is 0.0898 e. The molecule has 0 aromatic carbocycles. The van der Waals surface area contributed by atoms with Gasteiger partial charge >= 0.3 is 0 Å². The average molecular weight is 222 g/mol. The molecule has 0 spiro atoms. The van der Waals surface area contributed by atoms with Crippen molar-refractivity contribution in [1.29, 1.82) is 0 Å². The summed E-state index contributed by atoms with van der Waals surface area (Å²) in [5.41, 5.74) is 1.19. The zero-order valence-electron chi connectivity index (χ0n) is 9.36. The maximum absolute atomic E-state index is 4.51. The Morgan fingerprint density at radius 3 is 3.00 bits per heavy atom. The standard InChI is InChI=1S/C12H18N2S/c1-9(12-8-15-10(2)14-12)13-11-6-4-3-5-7-11/h3-4,8-9,11,13H,5-7H2,1-2H3. The minimum atomic E-state index is 0.381. The second-order valence-corrected chi connectivity index (χ2v) is 5.22. The van der Waals surface area contributed by atoms with E-state index in [1.165, 1.54) is 18.5 Å². The highest BCUT2D eigenvalue weighted by Gasteiger charge is 2.15. The van der Waals surface area contributed by atoms with E-state index in [2.05, 4.69) is 41.7 Å². The summed E-state index contributed by atoms with van der Waals surface area (Å²) in [6.45, 7) is 4.26. The van der Waals surface area contributed by atoms with Crippen LogP contribution in [0.4, 0.5) is 0 Å². The number of hydrogen-bond acceptors (Lipinski definition) is 3. The van der Waals surface area contributed by atoms with E-state index in [0.717, 1.165) is 11.4 Å². The van der Waals surface area contributed by atoms with Crippen LogP contribution in [0.3, 0.4) is 0 Å². The van der Waals surface area contributed by atoms with Gasteiger partial charge in [-0.2, -0.15) is 0 Å². The monoisotopic (exact) mass is 222 g/mol. The third kappa shape index (κ3) is 2.89. The van der Waals surface area contributed by atoms with E-state index < -0.39 is 0 Å². The van der Waals surface area contributed by atoms with Crippen LogP contribution < -0.4 is 5.32 Å². The second kappa shape index (κ2) is 4.90. The van der Waals surface area contributed by atoms with Gasteiger partial charge in [-0.25, -0.2) is 4.98 Å². The van der Waals surface area contributed by atoms with E-state index in [-0.39, 0.29) is 0 Å². The summed E-state index contributed by atoms with van der Waals surface area (Å²) in [4.78, 5) is 4.51. The SMILES string of the molecule is Cc1nc(C(C)NC2CC=CCC2)cs1. The Morgan fingerprint density at radius 2 is 2.40 bits per heavy atom. The van der Waals surface area contributed by atoms with Crippen molar-refractivity contribution in [3.8, 4) is 0 Å². The van der Waals surface area contributed by atoms with Crippen molar-refractivity contribution in [1.82, 2.24) is 10.3 Å². The first-order chi connectivity index (χ1) is 7.25. The van der Waals surface area contributed by atoms with Crippen molar-refractivity contribution in [2.75, 3.05) is 0 Å². The fourth-order valence-electron chi connectivity index (χ4n) is 1.96. The van der Waals surface area contributed by atoms with Crippen LogP contribution in [0.2, 0.25) is 0 Å². The van der Waals surface area contributed by atoms with E-state index in [0.29, 0.717) is 12.1 Å². The molecule has 2 nitrogen and oxygen atoms in total. The van der Waals surface area contributed by atoms with Crippen LogP contribution >= 0.6 is 11.3 Å². The second-order valence-electron chi connectivity index (χ2n) is 4.16. The number of nitrogens with zero attached hydrogens (tertiary/aromatic N) is 1. The Morgan fingerprint density at radius 1 is 1.53 bits per heavy atom. The molecule has 0 fully saturated rings. The number of aromatic nitrogens is 1. The fourth-order valence-corrected chi connectivity index (χ4v) is 2.67. The molecule has 1 N–H and O–H groups in total. The van der Waals surface area contributed by atoms with E-state index in [1.807, 2.05) is 0 Å². The highest BCUT2D eigenvalue weighted by atomic mass is 32.1. The van der Waals surface area contributed by atoms with Crippen LogP contribution in [0.25, 0.3) is 0 Å². The molecule has 0 bridgehead atoms. The molecule has 1 aromatic heterocycles. The van der Waals surface area contributed by atoms with Crippen molar-refractivity contribution in [3.05, 3.63) is 28.2 Å². The Labute approximate surface area is 95.4 Å². The first-order valence-electron chi connectivity index (χ1n) is 5.59. The van der Waals surface area contributed by atoms with Crippen molar-refractivity contribution in [2.24, 2.45) is 0 Å². The van der Waals surface area contributed by atoms with Gasteiger partial charge in [0.15, 0.2) is 0 Å². The van der Waals surface area contributed by atoms with Crippen molar-refractivity contribution in [2.45, 2.75) is 45.2 Å². The lowest BCUT2D eigenvalue weighted by molar-refractivity contribution is 0.422. The minimum Gasteiger partial charge on any atom is -0.306 e. The Hall–Kier alpha value is -0.670. The highest BCUT2D eigenvalue weighted by Crippen LogP contribution is 2.19. The number of nitrogens with one attached hydrogen (secondary N) is 1. The highest BCUT2D eigenvalue weighted by molar-refractivity contribution is 7.09. The number of rotatable bonds is 3. The first kappa shape index (κ1) is 10.8. The summed E-state index contributed by atoms with van der Waals surface area (Å²) in [6, 6.07) is 1.01. The predicted molar refractivity (Wildman–Crippen MR) is 65.2 cm³/mol. The summed E-state index contributed by atoms with van der Waals surface area (Å²) in [5.74, 6) is 0. The average Bonchev–Trinajstić information content (AvgIpc) is 2.66. The summed E-state index contributed by atoms with van der Waals surface area (Å²) in [7, 11) is 0. The molecule has 0 saturated heterocycles. The lowest BCUT2D eigenvalue weighted by Crippen LogP contribution is -2.32. The lowest BCUT2D eigenvalue weighted by Gasteiger charge is -2.23. The summed E-state index contributed by atoms with van der Waals surface area (Å²) < 4.78 is 0. The Balaban J connectivity index is 1.91. The molecule has 2 unspecified atom stereocenters. The smallest absolute Gasteiger partial charge is 0.0898 e.